The molecule has 1 fully saturated rings. The SMILES string of the molecule is CCC1CCCN1C(CN)c1cccc2ccccc12. The van der Waals surface area contributed by atoms with E-state index in [1.807, 2.05) is 0 Å². The van der Waals surface area contributed by atoms with Crippen molar-refractivity contribution in [3.8, 4) is 0 Å². The molecule has 2 nitrogen and oxygen atoms in total. The lowest BCUT2D eigenvalue weighted by Gasteiger charge is -2.33. The van der Waals surface area contributed by atoms with Gasteiger partial charge in [-0.05, 0) is 42.1 Å². The lowest BCUT2D eigenvalue weighted by molar-refractivity contribution is 0.181. The van der Waals surface area contributed by atoms with Crippen LogP contribution in [0.4, 0.5) is 0 Å². The van der Waals surface area contributed by atoms with Crippen molar-refractivity contribution in [2.75, 3.05) is 13.1 Å². The van der Waals surface area contributed by atoms with Crippen LogP contribution in [0, 0.1) is 0 Å². The van der Waals surface area contributed by atoms with E-state index in [-0.39, 0.29) is 0 Å². The van der Waals surface area contributed by atoms with Crippen LogP contribution in [0.1, 0.15) is 37.8 Å². The average Bonchev–Trinajstić information content (AvgIpc) is 2.97. The normalized spacial score (nSPS) is 21.4. The highest BCUT2D eigenvalue weighted by Gasteiger charge is 2.30. The van der Waals surface area contributed by atoms with Gasteiger partial charge in [0.2, 0.25) is 0 Å². The second-order valence-electron chi connectivity index (χ2n) is 5.76. The molecule has 0 bridgehead atoms. The van der Waals surface area contributed by atoms with Crippen molar-refractivity contribution in [2.45, 2.75) is 38.3 Å². The van der Waals surface area contributed by atoms with E-state index in [0.717, 1.165) is 0 Å². The van der Waals surface area contributed by atoms with Crippen LogP contribution in [0.15, 0.2) is 42.5 Å². The second-order valence-corrected chi connectivity index (χ2v) is 5.76. The van der Waals surface area contributed by atoms with Gasteiger partial charge in [0.1, 0.15) is 0 Å². The fourth-order valence-corrected chi connectivity index (χ4v) is 3.69. The van der Waals surface area contributed by atoms with Crippen molar-refractivity contribution in [1.29, 1.82) is 0 Å². The Balaban J connectivity index is 2.03. The molecule has 1 aliphatic heterocycles. The highest BCUT2D eigenvalue weighted by molar-refractivity contribution is 5.86. The van der Waals surface area contributed by atoms with E-state index in [9.17, 15) is 0 Å². The second kappa shape index (κ2) is 5.94. The molecule has 3 rings (SSSR count). The molecule has 0 radical (unpaired) electrons. The Morgan fingerprint density at radius 3 is 2.80 bits per heavy atom. The molecule has 2 aromatic rings. The number of fused-ring (bicyclic) bond motifs is 1. The van der Waals surface area contributed by atoms with Gasteiger partial charge < -0.3 is 5.73 Å². The fourth-order valence-electron chi connectivity index (χ4n) is 3.69. The third-order valence-corrected chi connectivity index (χ3v) is 4.70. The first-order chi connectivity index (χ1) is 9.85. The Kier molecular flexibility index (Phi) is 4.04. The van der Waals surface area contributed by atoms with Gasteiger partial charge in [0, 0.05) is 18.6 Å². The van der Waals surface area contributed by atoms with Crippen molar-refractivity contribution in [2.24, 2.45) is 5.73 Å². The zero-order chi connectivity index (χ0) is 13.9. The first-order valence-electron chi connectivity index (χ1n) is 7.78. The summed E-state index contributed by atoms with van der Waals surface area (Å²) < 4.78 is 0. The first-order valence-corrected chi connectivity index (χ1v) is 7.78. The molecule has 0 amide bonds. The van der Waals surface area contributed by atoms with Crippen LogP contribution in [0.2, 0.25) is 0 Å². The summed E-state index contributed by atoms with van der Waals surface area (Å²) in [5, 5.41) is 2.67. The van der Waals surface area contributed by atoms with Crippen LogP contribution in [-0.2, 0) is 0 Å². The van der Waals surface area contributed by atoms with Crippen LogP contribution in [0.3, 0.4) is 0 Å². The maximum atomic E-state index is 6.15. The van der Waals surface area contributed by atoms with E-state index in [1.165, 1.54) is 42.1 Å². The molecule has 0 spiro atoms. The number of nitrogens with two attached hydrogens (primary N) is 1. The van der Waals surface area contributed by atoms with Crippen LogP contribution in [-0.4, -0.2) is 24.0 Å². The molecule has 2 atom stereocenters. The number of hydrogen-bond acceptors (Lipinski definition) is 2. The van der Waals surface area contributed by atoms with E-state index < -0.39 is 0 Å². The number of nitrogens with zero attached hydrogens (tertiary/aromatic N) is 1. The van der Waals surface area contributed by atoms with Gasteiger partial charge in [0.15, 0.2) is 0 Å². The Bertz CT molecular complexity index is 573. The highest BCUT2D eigenvalue weighted by atomic mass is 15.2. The first kappa shape index (κ1) is 13.6. The van der Waals surface area contributed by atoms with Gasteiger partial charge in [-0.2, -0.15) is 0 Å². The van der Waals surface area contributed by atoms with Gasteiger partial charge in [-0.3, -0.25) is 4.90 Å². The van der Waals surface area contributed by atoms with Gasteiger partial charge in [-0.15, -0.1) is 0 Å². The number of hydrogen-bond donors (Lipinski definition) is 1. The molecule has 1 aliphatic rings. The van der Waals surface area contributed by atoms with E-state index >= 15 is 0 Å². The summed E-state index contributed by atoms with van der Waals surface area (Å²) in [6.45, 7) is 4.17. The van der Waals surface area contributed by atoms with Crippen LogP contribution >= 0.6 is 0 Å². The lowest BCUT2D eigenvalue weighted by atomic mass is 9.97. The lowest BCUT2D eigenvalue weighted by Crippen LogP contribution is -2.37. The summed E-state index contributed by atoms with van der Waals surface area (Å²) in [7, 11) is 0. The van der Waals surface area contributed by atoms with Crippen molar-refractivity contribution in [1.82, 2.24) is 4.90 Å². The zero-order valence-electron chi connectivity index (χ0n) is 12.3. The number of benzene rings is 2. The molecule has 2 N–H and O–H groups in total. The van der Waals surface area contributed by atoms with E-state index in [2.05, 4.69) is 54.3 Å². The summed E-state index contributed by atoms with van der Waals surface area (Å²) in [5.41, 5.74) is 7.55. The fraction of sp³-hybridized carbons (Fsp3) is 0.444. The minimum atomic E-state index is 0.355. The molecule has 20 heavy (non-hydrogen) atoms. The molecule has 1 saturated heterocycles. The van der Waals surface area contributed by atoms with Gasteiger partial charge in [0.05, 0.1) is 0 Å². The Morgan fingerprint density at radius 2 is 2.00 bits per heavy atom. The van der Waals surface area contributed by atoms with Crippen molar-refractivity contribution in [3.63, 3.8) is 0 Å². The van der Waals surface area contributed by atoms with Crippen molar-refractivity contribution < 1.29 is 0 Å². The molecule has 2 heteroatoms. The molecular formula is C18H24N2. The number of likely N-dealkylation sites (tertiary alicyclic amines) is 1. The Morgan fingerprint density at radius 1 is 1.20 bits per heavy atom. The zero-order valence-corrected chi connectivity index (χ0v) is 12.3. The summed E-state index contributed by atoms with van der Waals surface area (Å²) in [6.07, 6.45) is 3.85. The minimum absolute atomic E-state index is 0.355. The molecule has 106 valence electrons. The van der Waals surface area contributed by atoms with E-state index in [4.69, 9.17) is 5.73 Å². The monoisotopic (exact) mass is 268 g/mol. The molecular weight excluding hydrogens is 244 g/mol. The quantitative estimate of drug-likeness (QED) is 0.916. The standard InChI is InChI=1S/C18H24N2/c1-2-15-9-6-12-20(15)18(13-19)17-11-5-8-14-7-3-4-10-16(14)17/h3-5,7-8,10-11,15,18H,2,6,9,12-13,19H2,1H3. The molecule has 2 unspecified atom stereocenters. The van der Waals surface area contributed by atoms with E-state index in [1.54, 1.807) is 0 Å². The summed E-state index contributed by atoms with van der Waals surface area (Å²) in [5.74, 6) is 0. The molecule has 1 heterocycles. The summed E-state index contributed by atoms with van der Waals surface area (Å²) >= 11 is 0. The van der Waals surface area contributed by atoms with Crippen LogP contribution in [0.25, 0.3) is 10.8 Å². The largest absolute Gasteiger partial charge is 0.329 e. The number of rotatable bonds is 4. The Hall–Kier alpha value is -1.38. The van der Waals surface area contributed by atoms with Gasteiger partial charge in [-0.25, -0.2) is 0 Å². The predicted octanol–water partition coefficient (Wildman–Crippen LogP) is 3.71. The maximum Gasteiger partial charge on any atom is 0.0479 e. The third-order valence-electron chi connectivity index (χ3n) is 4.70. The molecule has 0 aliphatic carbocycles. The summed E-state index contributed by atoms with van der Waals surface area (Å²) in [4.78, 5) is 2.63. The highest BCUT2D eigenvalue weighted by Crippen LogP contribution is 2.33. The minimum Gasteiger partial charge on any atom is -0.329 e. The topological polar surface area (TPSA) is 29.3 Å². The van der Waals surface area contributed by atoms with Crippen molar-refractivity contribution in [3.05, 3.63) is 48.0 Å². The summed E-state index contributed by atoms with van der Waals surface area (Å²) in [6, 6.07) is 16.3. The maximum absolute atomic E-state index is 6.15. The predicted molar refractivity (Wildman–Crippen MR) is 85.8 cm³/mol. The van der Waals surface area contributed by atoms with Crippen LogP contribution < -0.4 is 5.73 Å². The van der Waals surface area contributed by atoms with E-state index in [0.29, 0.717) is 18.6 Å². The molecule has 0 aromatic heterocycles. The van der Waals surface area contributed by atoms with Crippen LogP contribution in [0.5, 0.6) is 0 Å². The van der Waals surface area contributed by atoms with Crippen molar-refractivity contribution >= 4 is 10.8 Å². The average molecular weight is 268 g/mol. The third kappa shape index (κ3) is 2.34. The van der Waals surface area contributed by atoms with Gasteiger partial charge in [0.25, 0.3) is 0 Å². The molecule has 0 saturated carbocycles. The van der Waals surface area contributed by atoms with Gasteiger partial charge >= 0.3 is 0 Å². The smallest absolute Gasteiger partial charge is 0.0479 e. The molecule has 2 aromatic carbocycles. The Labute approximate surface area is 121 Å². The van der Waals surface area contributed by atoms with Gasteiger partial charge in [-0.1, -0.05) is 49.4 Å².